The van der Waals surface area contributed by atoms with Gasteiger partial charge in [-0.05, 0) is 31.1 Å². The third kappa shape index (κ3) is 2.95. The standard InChI is InChI=1S/C10H19ClO/c1-8(2)6-10-9(7-11)4-3-5-12-10/h8-10H,3-7H2,1-2H3. The maximum absolute atomic E-state index is 5.88. The molecule has 1 fully saturated rings. The Bertz CT molecular complexity index is 125. The Morgan fingerprint density at radius 2 is 2.25 bits per heavy atom. The van der Waals surface area contributed by atoms with Crippen LogP contribution < -0.4 is 0 Å². The summed E-state index contributed by atoms with van der Waals surface area (Å²) in [6.45, 7) is 5.41. The van der Waals surface area contributed by atoms with Gasteiger partial charge in [-0.15, -0.1) is 11.6 Å². The van der Waals surface area contributed by atoms with E-state index < -0.39 is 0 Å². The smallest absolute Gasteiger partial charge is 0.0617 e. The van der Waals surface area contributed by atoms with Crippen molar-refractivity contribution < 1.29 is 4.74 Å². The van der Waals surface area contributed by atoms with Crippen LogP contribution in [0.3, 0.4) is 0 Å². The summed E-state index contributed by atoms with van der Waals surface area (Å²) in [5.74, 6) is 2.08. The molecule has 1 rings (SSSR count). The van der Waals surface area contributed by atoms with E-state index in [1.165, 1.54) is 12.8 Å². The SMILES string of the molecule is CC(C)CC1OCCCC1CCl. The Hall–Kier alpha value is 0.250. The van der Waals surface area contributed by atoms with Crippen LogP contribution in [0.5, 0.6) is 0 Å². The summed E-state index contributed by atoms with van der Waals surface area (Å²) in [4.78, 5) is 0. The monoisotopic (exact) mass is 190 g/mol. The molecular formula is C10H19ClO. The number of hydrogen-bond donors (Lipinski definition) is 0. The molecule has 2 heteroatoms. The van der Waals surface area contributed by atoms with Crippen molar-refractivity contribution in [2.45, 2.75) is 39.2 Å². The van der Waals surface area contributed by atoms with Gasteiger partial charge in [0.25, 0.3) is 0 Å². The van der Waals surface area contributed by atoms with Crippen molar-refractivity contribution in [3.8, 4) is 0 Å². The first-order valence-electron chi connectivity index (χ1n) is 4.91. The van der Waals surface area contributed by atoms with Gasteiger partial charge in [0.1, 0.15) is 0 Å². The third-order valence-electron chi connectivity index (χ3n) is 2.48. The van der Waals surface area contributed by atoms with E-state index in [4.69, 9.17) is 16.3 Å². The molecule has 0 saturated carbocycles. The van der Waals surface area contributed by atoms with Crippen molar-refractivity contribution in [1.29, 1.82) is 0 Å². The van der Waals surface area contributed by atoms with Gasteiger partial charge in [0, 0.05) is 12.5 Å². The average Bonchev–Trinajstić information content (AvgIpc) is 2.04. The lowest BCUT2D eigenvalue weighted by Gasteiger charge is -2.31. The minimum Gasteiger partial charge on any atom is -0.378 e. The number of ether oxygens (including phenoxy) is 1. The molecule has 0 aromatic carbocycles. The van der Waals surface area contributed by atoms with Crippen LogP contribution >= 0.6 is 11.6 Å². The summed E-state index contributed by atoms with van der Waals surface area (Å²) in [6, 6.07) is 0. The predicted octanol–water partition coefficient (Wildman–Crippen LogP) is 3.07. The Labute approximate surface area is 80.4 Å². The molecule has 1 heterocycles. The van der Waals surface area contributed by atoms with Crippen molar-refractivity contribution in [3.63, 3.8) is 0 Å². The summed E-state index contributed by atoms with van der Waals surface area (Å²) in [6.07, 6.45) is 4.03. The van der Waals surface area contributed by atoms with Crippen molar-refractivity contribution in [2.75, 3.05) is 12.5 Å². The maximum Gasteiger partial charge on any atom is 0.0617 e. The molecule has 1 nitrogen and oxygen atoms in total. The van der Waals surface area contributed by atoms with Gasteiger partial charge in [-0.3, -0.25) is 0 Å². The molecular weight excluding hydrogens is 172 g/mol. The second-order valence-corrected chi connectivity index (χ2v) is 4.40. The zero-order valence-electron chi connectivity index (χ0n) is 8.05. The van der Waals surface area contributed by atoms with E-state index in [1.807, 2.05) is 0 Å². The Morgan fingerprint density at radius 3 is 2.83 bits per heavy atom. The molecule has 2 atom stereocenters. The summed E-state index contributed by atoms with van der Waals surface area (Å²) < 4.78 is 5.71. The van der Waals surface area contributed by atoms with Crippen LogP contribution in [-0.4, -0.2) is 18.6 Å². The zero-order valence-corrected chi connectivity index (χ0v) is 8.81. The Morgan fingerprint density at radius 1 is 1.50 bits per heavy atom. The minimum atomic E-state index is 0.427. The molecule has 0 bridgehead atoms. The van der Waals surface area contributed by atoms with Crippen molar-refractivity contribution in [1.82, 2.24) is 0 Å². The highest BCUT2D eigenvalue weighted by Crippen LogP contribution is 2.26. The lowest BCUT2D eigenvalue weighted by atomic mass is 9.90. The Balaban J connectivity index is 2.36. The minimum absolute atomic E-state index is 0.427. The number of halogens is 1. The quantitative estimate of drug-likeness (QED) is 0.622. The molecule has 0 aromatic rings. The molecule has 0 amide bonds. The molecule has 12 heavy (non-hydrogen) atoms. The first-order chi connectivity index (χ1) is 5.74. The van der Waals surface area contributed by atoms with Crippen molar-refractivity contribution in [3.05, 3.63) is 0 Å². The van der Waals surface area contributed by atoms with Gasteiger partial charge in [0.15, 0.2) is 0 Å². The summed E-state index contributed by atoms with van der Waals surface area (Å²) in [5, 5.41) is 0. The zero-order chi connectivity index (χ0) is 8.97. The van der Waals surface area contributed by atoms with Crippen LogP contribution in [-0.2, 0) is 4.74 Å². The first-order valence-corrected chi connectivity index (χ1v) is 5.45. The molecule has 0 aromatic heterocycles. The highest BCUT2D eigenvalue weighted by molar-refractivity contribution is 6.18. The van der Waals surface area contributed by atoms with E-state index in [0.29, 0.717) is 12.0 Å². The van der Waals surface area contributed by atoms with Crippen molar-refractivity contribution in [2.24, 2.45) is 11.8 Å². The summed E-state index contributed by atoms with van der Waals surface area (Å²) in [7, 11) is 0. The normalized spacial score (nSPS) is 31.0. The number of rotatable bonds is 3. The molecule has 0 radical (unpaired) electrons. The summed E-state index contributed by atoms with van der Waals surface area (Å²) >= 11 is 5.88. The molecule has 1 saturated heterocycles. The van der Waals surface area contributed by atoms with Gasteiger partial charge in [-0.1, -0.05) is 13.8 Å². The molecule has 0 spiro atoms. The van der Waals surface area contributed by atoms with Gasteiger partial charge in [0.05, 0.1) is 6.10 Å². The van der Waals surface area contributed by atoms with Crippen LogP contribution in [0.15, 0.2) is 0 Å². The van der Waals surface area contributed by atoms with Crippen molar-refractivity contribution >= 4 is 11.6 Å². The van der Waals surface area contributed by atoms with Crippen LogP contribution in [0, 0.1) is 11.8 Å². The second-order valence-electron chi connectivity index (χ2n) is 4.10. The molecule has 72 valence electrons. The second kappa shape index (κ2) is 5.08. The Kier molecular flexibility index (Phi) is 4.38. The fourth-order valence-corrected chi connectivity index (χ4v) is 2.16. The van der Waals surface area contributed by atoms with E-state index in [2.05, 4.69) is 13.8 Å². The molecule has 0 aliphatic carbocycles. The van der Waals surface area contributed by atoms with E-state index in [1.54, 1.807) is 0 Å². The van der Waals surface area contributed by atoms with Crippen LogP contribution in [0.4, 0.5) is 0 Å². The van der Waals surface area contributed by atoms with Gasteiger partial charge in [-0.25, -0.2) is 0 Å². The largest absolute Gasteiger partial charge is 0.378 e. The molecule has 1 aliphatic rings. The fourth-order valence-electron chi connectivity index (χ4n) is 1.80. The van der Waals surface area contributed by atoms with E-state index in [9.17, 15) is 0 Å². The van der Waals surface area contributed by atoms with Gasteiger partial charge in [-0.2, -0.15) is 0 Å². The van der Waals surface area contributed by atoms with Crippen LogP contribution in [0.25, 0.3) is 0 Å². The summed E-state index contributed by atoms with van der Waals surface area (Å²) in [5.41, 5.74) is 0. The van der Waals surface area contributed by atoms with E-state index >= 15 is 0 Å². The van der Waals surface area contributed by atoms with Gasteiger partial charge >= 0.3 is 0 Å². The highest BCUT2D eigenvalue weighted by atomic mass is 35.5. The molecule has 2 unspecified atom stereocenters. The van der Waals surface area contributed by atoms with Crippen LogP contribution in [0.1, 0.15) is 33.1 Å². The van der Waals surface area contributed by atoms with E-state index in [0.717, 1.165) is 24.8 Å². The predicted molar refractivity (Wildman–Crippen MR) is 52.6 cm³/mol. The number of alkyl halides is 1. The third-order valence-corrected chi connectivity index (χ3v) is 2.88. The number of hydrogen-bond acceptors (Lipinski definition) is 1. The topological polar surface area (TPSA) is 9.23 Å². The average molecular weight is 191 g/mol. The highest BCUT2D eigenvalue weighted by Gasteiger charge is 2.25. The lowest BCUT2D eigenvalue weighted by Crippen LogP contribution is -2.31. The first kappa shape index (κ1) is 10.3. The fraction of sp³-hybridized carbons (Fsp3) is 1.00. The van der Waals surface area contributed by atoms with Crippen LogP contribution in [0.2, 0.25) is 0 Å². The van der Waals surface area contributed by atoms with Gasteiger partial charge in [0.2, 0.25) is 0 Å². The lowest BCUT2D eigenvalue weighted by molar-refractivity contribution is -0.0298. The van der Waals surface area contributed by atoms with Gasteiger partial charge < -0.3 is 4.74 Å². The van der Waals surface area contributed by atoms with E-state index in [-0.39, 0.29) is 0 Å². The molecule has 0 N–H and O–H groups in total. The molecule has 1 aliphatic heterocycles. The maximum atomic E-state index is 5.88.